The molecule has 0 saturated carbocycles. The molecule has 2 atom stereocenters. The minimum Gasteiger partial charge on any atom is -0.350 e. The van der Waals surface area contributed by atoms with Crippen molar-refractivity contribution in [1.82, 2.24) is 15.5 Å². The average Bonchev–Trinajstić information content (AvgIpc) is 2.94. The topological polar surface area (TPSA) is 61.4 Å². The van der Waals surface area contributed by atoms with Crippen LogP contribution in [0, 0.1) is 0 Å². The van der Waals surface area contributed by atoms with E-state index in [2.05, 4.69) is 10.6 Å². The van der Waals surface area contributed by atoms with E-state index in [1.807, 2.05) is 0 Å². The number of hydrogen-bond acceptors (Lipinski definition) is 3. The molecule has 20 heavy (non-hydrogen) atoms. The van der Waals surface area contributed by atoms with E-state index >= 15 is 0 Å². The van der Waals surface area contributed by atoms with Crippen molar-refractivity contribution in [2.45, 2.75) is 44.2 Å². The highest BCUT2D eigenvalue weighted by atomic mass is 35.5. The Bertz CT molecular complexity index is 382. The van der Waals surface area contributed by atoms with Gasteiger partial charge in [-0.25, -0.2) is 8.78 Å². The summed E-state index contributed by atoms with van der Waals surface area (Å²) in [5, 5.41) is 5.26. The van der Waals surface area contributed by atoms with Crippen LogP contribution in [0.2, 0.25) is 0 Å². The first-order valence-corrected chi connectivity index (χ1v) is 6.60. The molecule has 2 heterocycles. The van der Waals surface area contributed by atoms with Gasteiger partial charge in [-0.2, -0.15) is 0 Å². The predicted octanol–water partition coefficient (Wildman–Crippen LogP) is 0.532. The van der Waals surface area contributed by atoms with Gasteiger partial charge in [-0.05, 0) is 6.42 Å². The number of nitrogens with zero attached hydrogens (tertiary/aromatic N) is 1. The fraction of sp³-hybridized carbons (Fsp3) is 0.833. The molecule has 2 aliphatic heterocycles. The average molecular weight is 312 g/mol. The maximum absolute atomic E-state index is 13.0. The number of rotatable bonds is 3. The van der Waals surface area contributed by atoms with Crippen molar-refractivity contribution in [3.8, 4) is 0 Å². The lowest BCUT2D eigenvalue weighted by atomic mass is 10.1. The molecular formula is C12H20ClF2N3O2. The summed E-state index contributed by atoms with van der Waals surface area (Å²) in [6.07, 6.45) is 0.667. The number of alkyl halides is 2. The van der Waals surface area contributed by atoms with E-state index in [-0.39, 0.29) is 24.4 Å². The Morgan fingerprint density at radius 2 is 2.15 bits per heavy atom. The highest BCUT2D eigenvalue weighted by Gasteiger charge is 2.42. The molecule has 2 fully saturated rings. The first-order chi connectivity index (χ1) is 8.91. The third-order valence-corrected chi connectivity index (χ3v) is 3.62. The molecule has 0 spiro atoms. The van der Waals surface area contributed by atoms with Gasteiger partial charge >= 0.3 is 0 Å². The van der Waals surface area contributed by atoms with E-state index in [0.717, 1.165) is 0 Å². The molecule has 5 nitrogen and oxygen atoms in total. The lowest BCUT2D eigenvalue weighted by Crippen LogP contribution is -2.46. The molecule has 2 rings (SSSR count). The summed E-state index contributed by atoms with van der Waals surface area (Å²) in [5.74, 6) is -3.14. The predicted molar refractivity (Wildman–Crippen MR) is 72.0 cm³/mol. The van der Waals surface area contributed by atoms with Crippen LogP contribution in [0.3, 0.4) is 0 Å². The quantitative estimate of drug-likeness (QED) is 0.799. The fourth-order valence-electron chi connectivity index (χ4n) is 2.53. The molecule has 2 amide bonds. The number of carbonyl (C=O) groups excluding carboxylic acids is 2. The Hall–Kier alpha value is -0.950. The van der Waals surface area contributed by atoms with Crippen LogP contribution in [0.25, 0.3) is 0 Å². The molecular weight excluding hydrogens is 292 g/mol. The van der Waals surface area contributed by atoms with Crippen LogP contribution in [0.15, 0.2) is 0 Å². The molecule has 2 N–H and O–H groups in total. The Morgan fingerprint density at radius 3 is 2.70 bits per heavy atom. The molecule has 2 saturated heterocycles. The highest BCUT2D eigenvalue weighted by Crippen LogP contribution is 2.25. The summed E-state index contributed by atoms with van der Waals surface area (Å²) >= 11 is 0. The molecule has 0 bridgehead atoms. The van der Waals surface area contributed by atoms with E-state index in [4.69, 9.17) is 0 Å². The van der Waals surface area contributed by atoms with Crippen molar-refractivity contribution in [2.75, 3.05) is 19.6 Å². The van der Waals surface area contributed by atoms with Crippen LogP contribution < -0.4 is 10.6 Å². The van der Waals surface area contributed by atoms with Gasteiger partial charge in [-0.3, -0.25) is 14.9 Å². The lowest BCUT2D eigenvalue weighted by molar-refractivity contribution is -0.130. The minimum absolute atomic E-state index is 0. The summed E-state index contributed by atoms with van der Waals surface area (Å²) in [7, 11) is 0. The molecule has 0 radical (unpaired) electrons. The van der Waals surface area contributed by atoms with Gasteiger partial charge in [0, 0.05) is 32.0 Å². The zero-order valence-electron chi connectivity index (χ0n) is 11.3. The van der Waals surface area contributed by atoms with Crippen molar-refractivity contribution in [1.29, 1.82) is 0 Å². The molecule has 0 aromatic carbocycles. The Balaban J connectivity index is 0.00000200. The van der Waals surface area contributed by atoms with E-state index in [1.54, 1.807) is 11.8 Å². The van der Waals surface area contributed by atoms with Crippen LogP contribution in [0.1, 0.15) is 26.2 Å². The second-order valence-corrected chi connectivity index (χ2v) is 5.18. The van der Waals surface area contributed by atoms with Gasteiger partial charge in [0.15, 0.2) is 0 Å². The Labute approximate surface area is 122 Å². The molecule has 0 aromatic rings. The molecule has 0 aliphatic carbocycles. The van der Waals surface area contributed by atoms with Gasteiger partial charge in [-0.15, -0.1) is 12.4 Å². The van der Waals surface area contributed by atoms with E-state index in [9.17, 15) is 18.4 Å². The smallest absolute Gasteiger partial charge is 0.262 e. The first kappa shape index (κ1) is 17.1. The summed E-state index contributed by atoms with van der Waals surface area (Å²) in [5.41, 5.74) is 0. The zero-order valence-corrected chi connectivity index (χ0v) is 12.1. The third-order valence-electron chi connectivity index (χ3n) is 3.62. The van der Waals surface area contributed by atoms with Gasteiger partial charge in [0.25, 0.3) is 5.92 Å². The van der Waals surface area contributed by atoms with Gasteiger partial charge < -0.3 is 10.2 Å². The number of nitrogens with one attached hydrogen (secondary N) is 2. The summed E-state index contributed by atoms with van der Waals surface area (Å²) in [6, 6.07) is -0.954. The summed E-state index contributed by atoms with van der Waals surface area (Å²) < 4.78 is 26.0. The molecule has 2 aliphatic rings. The van der Waals surface area contributed by atoms with Crippen molar-refractivity contribution < 1.29 is 18.4 Å². The SMILES string of the molecule is CCC(=O)N1CCC(NC(=O)C2CC(F)(F)CN2)C1.Cl. The number of carbonyl (C=O) groups is 2. The van der Waals surface area contributed by atoms with Gasteiger partial charge in [-0.1, -0.05) is 6.92 Å². The second-order valence-electron chi connectivity index (χ2n) is 5.18. The minimum atomic E-state index is -2.80. The van der Waals surface area contributed by atoms with Crippen LogP contribution in [0.4, 0.5) is 8.78 Å². The Kier molecular flexibility index (Phi) is 5.70. The van der Waals surface area contributed by atoms with Crippen molar-refractivity contribution >= 4 is 24.2 Å². The van der Waals surface area contributed by atoms with Crippen LogP contribution in [-0.4, -0.2) is 54.4 Å². The lowest BCUT2D eigenvalue weighted by Gasteiger charge is -2.18. The number of hydrogen-bond donors (Lipinski definition) is 2. The van der Waals surface area contributed by atoms with E-state index in [0.29, 0.717) is 25.9 Å². The largest absolute Gasteiger partial charge is 0.350 e. The fourth-order valence-corrected chi connectivity index (χ4v) is 2.53. The molecule has 116 valence electrons. The standard InChI is InChI=1S/C12H19F2N3O2.ClH/c1-2-10(18)17-4-3-8(6-17)16-11(19)9-5-12(13,14)7-15-9;/h8-9,15H,2-7H2,1H3,(H,16,19);1H. The van der Waals surface area contributed by atoms with E-state index < -0.39 is 30.8 Å². The maximum Gasteiger partial charge on any atom is 0.262 e. The normalized spacial score (nSPS) is 28.1. The van der Waals surface area contributed by atoms with Gasteiger partial charge in [0.1, 0.15) is 0 Å². The van der Waals surface area contributed by atoms with Crippen LogP contribution in [-0.2, 0) is 9.59 Å². The highest BCUT2D eigenvalue weighted by molar-refractivity contribution is 5.85. The van der Waals surface area contributed by atoms with E-state index in [1.165, 1.54) is 0 Å². The summed E-state index contributed by atoms with van der Waals surface area (Å²) in [4.78, 5) is 25.0. The molecule has 2 unspecified atom stereocenters. The number of halogens is 3. The van der Waals surface area contributed by atoms with Crippen molar-refractivity contribution in [3.05, 3.63) is 0 Å². The maximum atomic E-state index is 13.0. The monoisotopic (exact) mass is 311 g/mol. The molecule has 8 heteroatoms. The third kappa shape index (κ3) is 4.02. The van der Waals surface area contributed by atoms with Crippen molar-refractivity contribution in [3.63, 3.8) is 0 Å². The van der Waals surface area contributed by atoms with Gasteiger partial charge in [0.05, 0.1) is 12.6 Å². The van der Waals surface area contributed by atoms with Crippen LogP contribution >= 0.6 is 12.4 Å². The summed E-state index contributed by atoms with van der Waals surface area (Å²) in [6.45, 7) is 2.43. The second kappa shape index (κ2) is 6.67. The Morgan fingerprint density at radius 1 is 1.45 bits per heavy atom. The van der Waals surface area contributed by atoms with Crippen LogP contribution in [0.5, 0.6) is 0 Å². The van der Waals surface area contributed by atoms with Gasteiger partial charge in [0.2, 0.25) is 11.8 Å². The van der Waals surface area contributed by atoms with Crippen molar-refractivity contribution in [2.24, 2.45) is 0 Å². The zero-order chi connectivity index (χ0) is 14.0. The first-order valence-electron chi connectivity index (χ1n) is 6.60. The molecule has 0 aromatic heterocycles. The number of likely N-dealkylation sites (tertiary alicyclic amines) is 1. The number of amides is 2.